The third kappa shape index (κ3) is 3.94. The number of aliphatic imine (C=N–C) groups is 1. The number of nitrogens with zero attached hydrogens (tertiary/aromatic N) is 3. The van der Waals surface area contributed by atoms with E-state index in [-0.39, 0.29) is 18.6 Å². The van der Waals surface area contributed by atoms with Gasteiger partial charge in [-0.15, -0.1) is 0 Å². The lowest BCUT2D eigenvalue weighted by Crippen LogP contribution is -2.42. The Balaban J connectivity index is 1.71. The fourth-order valence-electron chi connectivity index (χ4n) is 3.99. The number of nitrogens with two attached hydrogens (primary N) is 1. The molecule has 2 aromatic heterocycles. The van der Waals surface area contributed by atoms with Crippen molar-refractivity contribution >= 4 is 5.84 Å². The molecule has 6 nitrogen and oxygen atoms in total. The first-order chi connectivity index (χ1) is 15.7. The summed E-state index contributed by atoms with van der Waals surface area (Å²) in [6.45, 7) is 6.71. The van der Waals surface area contributed by atoms with Crippen LogP contribution in [-0.2, 0) is 10.3 Å². The predicted octanol–water partition coefficient (Wildman–Crippen LogP) is 4.42. The highest BCUT2D eigenvalue weighted by atomic mass is 19.1. The summed E-state index contributed by atoms with van der Waals surface area (Å²) >= 11 is 0. The first kappa shape index (κ1) is 21.1. The van der Waals surface area contributed by atoms with Crippen molar-refractivity contribution in [1.82, 2.24) is 9.97 Å². The SMILES string of the molecule is CC(C)(C)C#Cc1ccc2c(c1)[C@@]1(COCC(N)=N1)c1cc(-c3ccnc(F)c3)cnc1O2. The van der Waals surface area contributed by atoms with Gasteiger partial charge in [-0.2, -0.15) is 4.39 Å². The van der Waals surface area contributed by atoms with Gasteiger partial charge in [-0.3, -0.25) is 4.99 Å². The molecule has 2 aliphatic heterocycles. The van der Waals surface area contributed by atoms with Gasteiger partial charge in [-0.1, -0.05) is 11.8 Å². The van der Waals surface area contributed by atoms with Crippen LogP contribution >= 0.6 is 0 Å². The van der Waals surface area contributed by atoms with Crippen molar-refractivity contribution in [3.8, 4) is 34.6 Å². The summed E-state index contributed by atoms with van der Waals surface area (Å²) in [6, 6.07) is 10.8. The molecule has 1 spiro atoms. The highest BCUT2D eigenvalue weighted by Crippen LogP contribution is 2.50. The van der Waals surface area contributed by atoms with E-state index >= 15 is 0 Å². The molecular weight excluding hydrogens is 419 g/mol. The molecule has 2 aliphatic rings. The van der Waals surface area contributed by atoms with Crippen LogP contribution in [0.5, 0.6) is 11.6 Å². The van der Waals surface area contributed by atoms with Gasteiger partial charge in [0.05, 0.1) is 6.61 Å². The number of halogens is 1. The Bertz CT molecular complexity index is 1350. The second kappa shape index (κ2) is 7.68. The van der Waals surface area contributed by atoms with E-state index in [1.54, 1.807) is 12.3 Å². The van der Waals surface area contributed by atoms with E-state index in [0.29, 0.717) is 34.2 Å². The fraction of sp³-hybridized carbons (Fsp3) is 0.269. The molecule has 4 heterocycles. The summed E-state index contributed by atoms with van der Waals surface area (Å²) in [6.07, 6.45) is 3.07. The number of aromatic nitrogens is 2. The third-order valence-electron chi connectivity index (χ3n) is 5.47. The van der Waals surface area contributed by atoms with Crippen molar-refractivity contribution in [3.05, 3.63) is 71.4 Å². The predicted molar refractivity (Wildman–Crippen MR) is 123 cm³/mol. The maximum Gasteiger partial charge on any atom is 0.225 e. The van der Waals surface area contributed by atoms with E-state index in [4.69, 9.17) is 20.2 Å². The van der Waals surface area contributed by atoms with Gasteiger partial charge in [0, 0.05) is 46.1 Å². The second-order valence-electron chi connectivity index (χ2n) is 9.21. The topological polar surface area (TPSA) is 82.6 Å². The lowest BCUT2D eigenvalue weighted by molar-refractivity contribution is 0.109. The summed E-state index contributed by atoms with van der Waals surface area (Å²) in [5.41, 5.74) is 8.79. The van der Waals surface area contributed by atoms with Crippen LogP contribution < -0.4 is 10.5 Å². The Hall–Kier alpha value is -3.76. The third-order valence-corrected chi connectivity index (χ3v) is 5.47. The van der Waals surface area contributed by atoms with Gasteiger partial charge in [0.2, 0.25) is 11.8 Å². The van der Waals surface area contributed by atoms with Crippen molar-refractivity contribution in [2.24, 2.45) is 16.1 Å². The number of fused-ring (bicyclic) bond motifs is 4. The van der Waals surface area contributed by atoms with Crippen molar-refractivity contribution in [2.45, 2.75) is 26.3 Å². The molecule has 0 bridgehead atoms. The molecular formula is C26H23FN4O2. The van der Waals surface area contributed by atoms with Gasteiger partial charge in [0.1, 0.15) is 23.7 Å². The molecule has 1 aromatic carbocycles. The average Bonchev–Trinajstić information content (AvgIpc) is 2.77. The van der Waals surface area contributed by atoms with E-state index in [1.807, 2.05) is 24.3 Å². The van der Waals surface area contributed by atoms with Gasteiger partial charge in [-0.25, -0.2) is 9.97 Å². The van der Waals surface area contributed by atoms with Crippen LogP contribution in [0.25, 0.3) is 11.1 Å². The number of rotatable bonds is 1. The first-order valence-electron chi connectivity index (χ1n) is 10.6. The number of benzene rings is 1. The summed E-state index contributed by atoms with van der Waals surface area (Å²) < 4.78 is 25.8. The van der Waals surface area contributed by atoms with E-state index in [0.717, 1.165) is 11.1 Å². The minimum absolute atomic E-state index is 0.133. The van der Waals surface area contributed by atoms with E-state index in [9.17, 15) is 4.39 Å². The lowest BCUT2D eigenvalue weighted by atomic mass is 9.80. The molecule has 0 saturated carbocycles. The van der Waals surface area contributed by atoms with Gasteiger partial charge in [0.15, 0.2) is 0 Å². The highest BCUT2D eigenvalue weighted by Gasteiger charge is 2.45. The molecule has 0 unspecified atom stereocenters. The normalized spacial score (nSPS) is 19.0. The van der Waals surface area contributed by atoms with Crippen molar-refractivity contribution in [1.29, 1.82) is 0 Å². The molecule has 5 rings (SSSR count). The van der Waals surface area contributed by atoms with Crippen LogP contribution in [0.1, 0.15) is 37.5 Å². The highest BCUT2D eigenvalue weighted by molar-refractivity contribution is 5.84. The summed E-state index contributed by atoms with van der Waals surface area (Å²) in [4.78, 5) is 13.0. The molecule has 7 heteroatoms. The van der Waals surface area contributed by atoms with Gasteiger partial charge in [-0.05, 0) is 56.7 Å². The van der Waals surface area contributed by atoms with Crippen LogP contribution in [-0.4, -0.2) is 29.0 Å². The van der Waals surface area contributed by atoms with Crippen LogP contribution in [0.15, 0.2) is 53.8 Å². The Morgan fingerprint density at radius 3 is 2.67 bits per heavy atom. The van der Waals surface area contributed by atoms with Crippen LogP contribution in [0, 0.1) is 23.2 Å². The Labute approximate surface area is 191 Å². The maximum absolute atomic E-state index is 13.8. The Morgan fingerprint density at radius 1 is 1.06 bits per heavy atom. The largest absolute Gasteiger partial charge is 0.438 e. The van der Waals surface area contributed by atoms with E-state index in [1.165, 1.54) is 12.3 Å². The minimum atomic E-state index is -0.945. The molecule has 166 valence electrons. The average molecular weight is 442 g/mol. The lowest BCUT2D eigenvalue weighted by Gasteiger charge is -2.39. The number of ether oxygens (including phenoxy) is 2. The minimum Gasteiger partial charge on any atom is -0.438 e. The zero-order chi connectivity index (χ0) is 23.2. The number of hydrogen-bond acceptors (Lipinski definition) is 6. The summed E-state index contributed by atoms with van der Waals surface area (Å²) in [5.74, 6) is 7.37. The molecule has 0 amide bonds. The van der Waals surface area contributed by atoms with Crippen LogP contribution in [0.2, 0.25) is 0 Å². The Morgan fingerprint density at radius 2 is 1.91 bits per heavy atom. The number of hydrogen-bond donors (Lipinski definition) is 1. The molecule has 33 heavy (non-hydrogen) atoms. The second-order valence-corrected chi connectivity index (χ2v) is 9.21. The van der Waals surface area contributed by atoms with Crippen molar-refractivity contribution in [3.63, 3.8) is 0 Å². The Kier molecular flexibility index (Phi) is 4.91. The van der Waals surface area contributed by atoms with Gasteiger partial charge >= 0.3 is 0 Å². The molecule has 0 aliphatic carbocycles. The molecule has 3 aromatic rings. The van der Waals surface area contributed by atoms with E-state index < -0.39 is 11.5 Å². The van der Waals surface area contributed by atoms with Crippen molar-refractivity contribution < 1.29 is 13.9 Å². The molecule has 0 fully saturated rings. The fourth-order valence-corrected chi connectivity index (χ4v) is 3.99. The number of amidine groups is 1. The first-order valence-corrected chi connectivity index (χ1v) is 10.6. The van der Waals surface area contributed by atoms with Crippen molar-refractivity contribution in [2.75, 3.05) is 13.2 Å². The quantitative estimate of drug-likeness (QED) is 0.446. The smallest absolute Gasteiger partial charge is 0.225 e. The molecule has 0 radical (unpaired) electrons. The molecule has 1 atom stereocenters. The van der Waals surface area contributed by atoms with Gasteiger partial charge < -0.3 is 15.2 Å². The van der Waals surface area contributed by atoms with E-state index in [2.05, 4.69) is 42.6 Å². The zero-order valence-electron chi connectivity index (χ0n) is 18.6. The zero-order valence-corrected chi connectivity index (χ0v) is 18.6. The molecule has 0 saturated heterocycles. The standard InChI is InChI=1S/C26H23FN4O2/c1-25(2,3)8-6-16-4-5-21-19(10-16)26(15-32-14-23(28)31-26)20-11-18(13-30-24(20)33-21)17-7-9-29-22(27)12-17/h4-5,7,9-13H,14-15H2,1-3H3,(H2,28,31)/t26-/m0/s1. The summed E-state index contributed by atoms with van der Waals surface area (Å²) in [5, 5.41) is 0. The monoisotopic (exact) mass is 442 g/mol. The molecule has 2 N–H and O–H groups in total. The van der Waals surface area contributed by atoms with Crippen LogP contribution in [0.3, 0.4) is 0 Å². The van der Waals surface area contributed by atoms with Gasteiger partial charge in [0.25, 0.3) is 0 Å². The summed E-state index contributed by atoms with van der Waals surface area (Å²) in [7, 11) is 0. The maximum atomic E-state index is 13.8. The number of pyridine rings is 2. The van der Waals surface area contributed by atoms with Crippen LogP contribution in [0.4, 0.5) is 4.39 Å².